The van der Waals surface area contributed by atoms with Crippen molar-refractivity contribution < 1.29 is 9.53 Å². The van der Waals surface area contributed by atoms with E-state index in [2.05, 4.69) is 45.8 Å². The molecular formula is C21H23N5O2. The molecule has 7 nitrogen and oxygen atoms in total. The standard InChI is InChI=1S/C21H23N5O2/c1-15-4-3-5-16(10-15)18-11-22-19-12-28-21(14-26(18)19)7-9-25(13-21)20(27)17-6-8-24(2)23-17/h3-6,8,10-11H,7,9,12-14H2,1-2H3. The van der Waals surface area contributed by atoms with Crippen LogP contribution in [-0.4, -0.2) is 48.8 Å². The van der Waals surface area contributed by atoms with Crippen LogP contribution in [0.2, 0.25) is 0 Å². The van der Waals surface area contributed by atoms with Gasteiger partial charge in [0.15, 0.2) is 0 Å². The van der Waals surface area contributed by atoms with Crippen LogP contribution in [0.3, 0.4) is 0 Å². The highest BCUT2D eigenvalue weighted by Gasteiger charge is 2.45. The maximum Gasteiger partial charge on any atom is 0.274 e. The third-order valence-corrected chi connectivity index (χ3v) is 5.74. The lowest BCUT2D eigenvalue weighted by Gasteiger charge is -2.35. The van der Waals surface area contributed by atoms with Crippen LogP contribution >= 0.6 is 0 Å². The Morgan fingerprint density at radius 3 is 2.93 bits per heavy atom. The number of hydrogen-bond donors (Lipinski definition) is 0. The molecule has 1 saturated heterocycles. The van der Waals surface area contributed by atoms with E-state index in [1.807, 2.05) is 18.1 Å². The van der Waals surface area contributed by atoms with Gasteiger partial charge in [-0.05, 0) is 25.5 Å². The predicted molar refractivity (Wildman–Crippen MR) is 104 cm³/mol. The Morgan fingerprint density at radius 1 is 1.25 bits per heavy atom. The highest BCUT2D eigenvalue weighted by molar-refractivity contribution is 5.92. The number of amides is 1. The highest BCUT2D eigenvalue weighted by Crippen LogP contribution is 2.35. The molecule has 1 unspecified atom stereocenters. The second-order valence-corrected chi connectivity index (χ2v) is 7.84. The lowest BCUT2D eigenvalue weighted by atomic mass is 10.0. The Bertz CT molecular complexity index is 1050. The van der Waals surface area contributed by atoms with Gasteiger partial charge in [0.05, 0.1) is 25.0 Å². The van der Waals surface area contributed by atoms with Gasteiger partial charge in [-0.1, -0.05) is 23.8 Å². The van der Waals surface area contributed by atoms with E-state index in [9.17, 15) is 4.79 Å². The van der Waals surface area contributed by atoms with E-state index in [0.717, 1.165) is 23.5 Å². The summed E-state index contributed by atoms with van der Waals surface area (Å²) in [6.07, 6.45) is 4.54. The molecule has 0 radical (unpaired) electrons. The van der Waals surface area contributed by atoms with E-state index in [1.54, 1.807) is 16.9 Å². The smallest absolute Gasteiger partial charge is 0.274 e. The first kappa shape index (κ1) is 17.2. The van der Waals surface area contributed by atoms with E-state index in [1.165, 1.54) is 5.56 Å². The summed E-state index contributed by atoms with van der Waals surface area (Å²) < 4.78 is 10.2. The number of ether oxygens (including phenoxy) is 1. The van der Waals surface area contributed by atoms with Gasteiger partial charge in [0.25, 0.3) is 5.91 Å². The molecule has 4 heterocycles. The van der Waals surface area contributed by atoms with E-state index < -0.39 is 0 Å². The Balaban J connectivity index is 1.40. The molecule has 1 aromatic carbocycles. The van der Waals surface area contributed by atoms with E-state index in [0.29, 0.717) is 31.9 Å². The Morgan fingerprint density at radius 2 is 2.14 bits per heavy atom. The maximum absolute atomic E-state index is 12.8. The van der Waals surface area contributed by atoms with Crippen LogP contribution in [0.15, 0.2) is 42.7 Å². The van der Waals surface area contributed by atoms with Crippen LogP contribution in [0.1, 0.15) is 28.3 Å². The molecule has 28 heavy (non-hydrogen) atoms. The maximum atomic E-state index is 12.8. The van der Waals surface area contributed by atoms with Crippen LogP contribution < -0.4 is 0 Å². The second-order valence-electron chi connectivity index (χ2n) is 7.84. The zero-order valence-corrected chi connectivity index (χ0v) is 16.1. The molecule has 0 bridgehead atoms. The summed E-state index contributed by atoms with van der Waals surface area (Å²) >= 11 is 0. The van der Waals surface area contributed by atoms with Crippen LogP contribution in [0, 0.1) is 6.92 Å². The summed E-state index contributed by atoms with van der Waals surface area (Å²) in [5, 5.41) is 4.25. The number of likely N-dealkylation sites (tertiary alicyclic amines) is 1. The monoisotopic (exact) mass is 377 g/mol. The number of hydrogen-bond acceptors (Lipinski definition) is 4. The molecular weight excluding hydrogens is 354 g/mol. The quantitative estimate of drug-likeness (QED) is 0.688. The highest BCUT2D eigenvalue weighted by atomic mass is 16.5. The van der Waals surface area contributed by atoms with Crippen LogP contribution in [-0.2, 0) is 24.9 Å². The van der Waals surface area contributed by atoms with Gasteiger partial charge in [0.2, 0.25) is 0 Å². The predicted octanol–water partition coefficient (Wildman–Crippen LogP) is 2.41. The third-order valence-electron chi connectivity index (χ3n) is 5.74. The summed E-state index contributed by atoms with van der Waals surface area (Å²) in [4.78, 5) is 19.2. The summed E-state index contributed by atoms with van der Waals surface area (Å²) in [6.45, 7) is 4.53. The number of rotatable bonds is 2. The van der Waals surface area contributed by atoms with Crippen molar-refractivity contribution in [2.24, 2.45) is 7.05 Å². The lowest BCUT2D eigenvalue weighted by molar-refractivity contribution is -0.0804. The topological polar surface area (TPSA) is 65.2 Å². The molecule has 5 rings (SSSR count). The van der Waals surface area contributed by atoms with Crippen LogP contribution in [0.4, 0.5) is 0 Å². The Labute approximate surface area is 163 Å². The molecule has 1 amide bonds. The molecule has 0 N–H and O–H groups in total. The number of nitrogens with zero attached hydrogens (tertiary/aromatic N) is 5. The Hall–Kier alpha value is -2.93. The van der Waals surface area contributed by atoms with Crippen molar-refractivity contribution >= 4 is 5.91 Å². The molecule has 1 atom stereocenters. The van der Waals surface area contributed by atoms with Gasteiger partial charge in [-0.25, -0.2) is 4.98 Å². The number of carbonyl (C=O) groups is 1. The van der Waals surface area contributed by atoms with E-state index >= 15 is 0 Å². The van der Waals surface area contributed by atoms with Gasteiger partial charge >= 0.3 is 0 Å². The summed E-state index contributed by atoms with van der Waals surface area (Å²) in [5.74, 6) is 0.910. The number of imidazole rings is 1. The van der Waals surface area contributed by atoms with Crippen molar-refractivity contribution in [2.75, 3.05) is 13.1 Å². The average Bonchev–Trinajstić information content (AvgIpc) is 3.40. The lowest BCUT2D eigenvalue weighted by Crippen LogP contribution is -2.45. The normalized spacial score (nSPS) is 21.3. The summed E-state index contributed by atoms with van der Waals surface area (Å²) in [5.41, 5.74) is 3.62. The first-order valence-corrected chi connectivity index (χ1v) is 9.57. The minimum Gasteiger partial charge on any atom is -0.363 e. The van der Waals surface area contributed by atoms with Crippen LogP contribution in [0.5, 0.6) is 0 Å². The average molecular weight is 377 g/mol. The molecule has 7 heteroatoms. The molecule has 1 fully saturated rings. The number of carbonyl (C=O) groups excluding carboxylic acids is 1. The summed E-state index contributed by atoms with van der Waals surface area (Å²) in [6, 6.07) is 10.2. The number of benzene rings is 1. The number of aromatic nitrogens is 4. The molecule has 0 aliphatic carbocycles. The fourth-order valence-corrected chi connectivity index (χ4v) is 4.25. The van der Waals surface area contributed by atoms with Crippen molar-refractivity contribution in [1.29, 1.82) is 0 Å². The van der Waals surface area contributed by atoms with Gasteiger partial charge in [-0.3, -0.25) is 9.48 Å². The van der Waals surface area contributed by atoms with Crippen molar-refractivity contribution in [2.45, 2.75) is 32.1 Å². The number of aryl methyl sites for hydroxylation is 2. The zero-order valence-electron chi connectivity index (χ0n) is 16.1. The van der Waals surface area contributed by atoms with Gasteiger partial charge in [-0.15, -0.1) is 0 Å². The summed E-state index contributed by atoms with van der Waals surface area (Å²) in [7, 11) is 1.82. The largest absolute Gasteiger partial charge is 0.363 e. The van der Waals surface area contributed by atoms with Gasteiger partial charge in [-0.2, -0.15) is 5.10 Å². The van der Waals surface area contributed by atoms with E-state index in [-0.39, 0.29) is 11.5 Å². The molecule has 2 aliphatic heterocycles. The van der Waals surface area contributed by atoms with Gasteiger partial charge in [0, 0.05) is 25.4 Å². The zero-order chi connectivity index (χ0) is 19.3. The van der Waals surface area contributed by atoms with Crippen molar-refractivity contribution in [3.8, 4) is 11.3 Å². The minimum absolute atomic E-state index is 0.0311. The van der Waals surface area contributed by atoms with Gasteiger partial charge in [0.1, 0.15) is 23.7 Å². The fraction of sp³-hybridized carbons (Fsp3) is 0.381. The molecule has 144 valence electrons. The first-order chi connectivity index (χ1) is 13.5. The van der Waals surface area contributed by atoms with Crippen LogP contribution in [0.25, 0.3) is 11.3 Å². The third kappa shape index (κ3) is 2.82. The molecule has 3 aromatic rings. The molecule has 2 aliphatic rings. The first-order valence-electron chi connectivity index (χ1n) is 9.57. The van der Waals surface area contributed by atoms with Crippen molar-refractivity contribution in [1.82, 2.24) is 24.2 Å². The van der Waals surface area contributed by atoms with Gasteiger partial charge < -0.3 is 14.2 Å². The molecule has 0 saturated carbocycles. The SMILES string of the molecule is Cc1cccc(-c2cnc3n2CC2(CCN(C(=O)c4ccn(C)n4)C2)OC3)c1. The molecule has 2 aromatic heterocycles. The van der Waals surface area contributed by atoms with Crippen molar-refractivity contribution in [3.63, 3.8) is 0 Å². The Kier molecular flexibility index (Phi) is 3.87. The minimum atomic E-state index is -0.364. The number of fused-ring (bicyclic) bond motifs is 1. The molecule has 1 spiro atoms. The second kappa shape index (κ2) is 6.31. The fourth-order valence-electron chi connectivity index (χ4n) is 4.25. The van der Waals surface area contributed by atoms with E-state index in [4.69, 9.17) is 4.74 Å². The van der Waals surface area contributed by atoms with Crippen molar-refractivity contribution in [3.05, 3.63) is 59.8 Å².